The van der Waals surface area contributed by atoms with Crippen LogP contribution >= 0.6 is 0 Å². The maximum Gasteiger partial charge on any atom is 0.319 e. The Kier molecular flexibility index (Phi) is 4.73. The average Bonchev–Trinajstić information content (AvgIpc) is 3.09. The Bertz CT molecular complexity index is 603. The highest BCUT2D eigenvalue weighted by molar-refractivity contribution is 5.91. The Hall–Kier alpha value is -2.30. The highest BCUT2D eigenvalue weighted by Crippen LogP contribution is 2.23. The van der Waals surface area contributed by atoms with Gasteiger partial charge in [0.05, 0.1) is 11.4 Å². The lowest BCUT2D eigenvalue weighted by Crippen LogP contribution is -2.34. The number of nitrogens with one attached hydrogen (secondary N) is 2. The van der Waals surface area contributed by atoms with E-state index < -0.39 is 0 Å². The van der Waals surface area contributed by atoms with Crippen LogP contribution in [0.2, 0.25) is 0 Å². The highest BCUT2D eigenvalue weighted by Gasteiger charge is 2.14. The van der Waals surface area contributed by atoms with Crippen molar-refractivity contribution in [2.24, 2.45) is 5.92 Å². The van der Waals surface area contributed by atoms with Crippen molar-refractivity contribution in [1.82, 2.24) is 15.1 Å². The predicted molar refractivity (Wildman–Crippen MR) is 87.2 cm³/mol. The molecule has 2 amide bonds. The largest absolute Gasteiger partial charge is 0.338 e. The quantitative estimate of drug-likeness (QED) is 0.906. The summed E-state index contributed by atoms with van der Waals surface area (Å²) in [4.78, 5) is 12.1. The maximum atomic E-state index is 12.1. The molecule has 116 valence electrons. The van der Waals surface area contributed by atoms with E-state index in [9.17, 15) is 4.79 Å². The molecule has 3 rings (SSSR count). The smallest absolute Gasteiger partial charge is 0.319 e. The average molecular weight is 298 g/mol. The summed E-state index contributed by atoms with van der Waals surface area (Å²) in [6.45, 7) is 0.760. The molecule has 2 N–H and O–H groups in total. The van der Waals surface area contributed by atoms with Crippen molar-refractivity contribution in [3.63, 3.8) is 0 Å². The predicted octanol–water partition coefficient (Wildman–Crippen LogP) is 3.57. The van der Waals surface area contributed by atoms with Crippen LogP contribution in [0.15, 0.2) is 42.7 Å². The maximum absolute atomic E-state index is 12.1. The van der Waals surface area contributed by atoms with Gasteiger partial charge in [0.25, 0.3) is 0 Å². The number of nitrogens with zero attached hydrogens (tertiary/aromatic N) is 2. The zero-order valence-electron chi connectivity index (χ0n) is 12.7. The Labute approximate surface area is 130 Å². The van der Waals surface area contributed by atoms with Gasteiger partial charge in [-0.05, 0) is 37.0 Å². The number of hydrogen-bond acceptors (Lipinski definition) is 2. The van der Waals surface area contributed by atoms with E-state index in [1.807, 2.05) is 36.5 Å². The van der Waals surface area contributed by atoms with Crippen LogP contribution in [0.4, 0.5) is 10.5 Å². The lowest BCUT2D eigenvalue weighted by Gasteiger charge is -2.22. The van der Waals surface area contributed by atoms with Crippen LogP contribution in [0.5, 0.6) is 0 Å². The van der Waals surface area contributed by atoms with Crippen LogP contribution in [-0.4, -0.2) is 22.4 Å². The number of benzene rings is 1. The number of urea groups is 1. The molecule has 0 bridgehead atoms. The van der Waals surface area contributed by atoms with E-state index in [1.54, 1.807) is 10.9 Å². The Balaban J connectivity index is 1.59. The summed E-state index contributed by atoms with van der Waals surface area (Å²) in [7, 11) is 0. The molecule has 1 fully saturated rings. The van der Waals surface area contributed by atoms with Gasteiger partial charge in [0, 0.05) is 18.9 Å². The van der Waals surface area contributed by atoms with Gasteiger partial charge in [-0.3, -0.25) is 0 Å². The first-order chi connectivity index (χ1) is 10.8. The number of para-hydroxylation sites is 2. The van der Waals surface area contributed by atoms with Crippen molar-refractivity contribution >= 4 is 11.7 Å². The Morgan fingerprint density at radius 1 is 1.18 bits per heavy atom. The second-order valence-electron chi connectivity index (χ2n) is 5.81. The molecular weight excluding hydrogens is 276 g/mol. The molecule has 0 spiro atoms. The number of amides is 2. The van der Waals surface area contributed by atoms with Gasteiger partial charge in [-0.2, -0.15) is 5.10 Å². The molecule has 1 aromatic heterocycles. The third-order valence-electron chi connectivity index (χ3n) is 4.18. The van der Waals surface area contributed by atoms with Crippen LogP contribution in [0, 0.1) is 5.92 Å². The number of aromatic nitrogens is 2. The molecule has 1 saturated carbocycles. The SMILES string of the molecule is O=C(NCC1CCCCC1)Nc1ccccc1-n1cccn1. The van der Waals surface area contributed by atoms with E-state index >= 15 is 0 Å². The zero-order valence-corrected chi connectivity index (χ0v) is 12.7. The first-order valence-electron chi connectivity index (χ1n) is 7.97. The standard InChI is InChI=1S/C17H22N4O/c22-17(18-13-14-7-2-1-3-8-14)20-15-9-4-5-10-16(15)21-12-6-11-19-21/h4-6,9-12,14H,1-3,7-8,13H2,(H2,18,20,22). The molecule has 2 aromatic rings. The summed E-state index contributed by atoms with van der Waals surface area (Å²) < 4.78 is 1.75. The van der Waals surface area contributed by atoms with E-state index in [0.29, 0.717) is 5.92 Å². The molecule has 0 radical (unpaired) electrons. The second-order valence-corrected chi connectivity index (χ2v) is 5.81. The zero-order chi connectivity index (χ0) is 15.2. The van der Waals surface area contributed by atoms with E-state index in [-0.39, 0.29) is 6.03 Å². The lowest BCUT2D eigenvalue weighted by atomic mass is 9.89. The number of carbonyl (C=O) groups excluding carboxylic acids is 1. The number of anilines is 1. The molecule has 0 saturated heterocycles. The molecule has 0 atom stereocenters. The van der Waals surface area contributed by atoms with Crippen molar-refractivity contribution in [2.75, 3.05) is 11.9 Å². The summed E-state index contributed by atoms with van der Waals surface area (Å²) in [5.41, 5.74) is 1.62. The van der Waals surface area contributed by atoms with Crippen molar-refractivity contribution in [1.29, 1.82) is 0 Å². The van der Waals surface area contributed by atoms with E-state index in [2.05, 4.69) is 15.7 Å². The minimum atomic E-state index is -0.148. The van der Waals surface area contributed by atoms with Crippen LogP contribution in [0.1, 0.15) is 32.1 Å². The third kappa shape index (κ3) is 3.67. The third-order valence-corrected chi connectivity index (χ3v) is 4.18. The van der Waals surface area contributed by atoms with Gasteiger partial charge < -0.3 is 10.6 Å². The number of hydrogen-bond donors (Lipinski definition) is 2. The second kappa shape index (κ2) is 7.11. The topological polar surface area (TPSA) is 59.0 Å². The Morgan fingerprint density at radius 3 is 2.77 bits per heavy atom. The highest BCUT2D eigenvalue weighted by atomic mass is 16.2. The molecule has 0 unspecified atom stereocenters. The minimum absolute atomic E-state index is 0.148. The molecule has 0 aliphatic heterocycles. The van der Waals surface area contributed by atoms with Gasteiger partial charge in [-0.25, -0.2) is 9.48 Å². The first kappa shape index (κ1) is 14.6. The van der Waals surface area contributed by atoms with E-state index in [0.717, 1.165) is 17.9 Å². The van der Waals surface area contributed by atoms with Gasteiger partial charge in [-0.1, -0.05) is 31.4 Å². The molecule has 1 aliphatic carbocycles. The lowest BCUT2D eigenvalue weighted by molar-refractivity contribution is 0.247. The molecule has 1 aliphatic rings. The normalized spacial score (nSPS) is 15.5. The molecule has 22 heavy (non-hydrogen) atoms. The molecule has 5 heteroatoms. The van der Waals surface area contributed by atoms with Crippen LogP contribution < -0.4 is 10.6 Å². The fraction of sp³-hybridized carbons (Fsp3) is 0.412. The van der Waals surface area contributed by atoms with Crippen molar-refractivity contribution < 1.29 is 4.79 Å². The van der Waals surface area contributed by atoms with Gasteiger partial charge in [-0.15, -0.1) is 0 Å². The first-order valence-corrected chi connectivity index (χ1v) is 7.97. The summed E-state index contributed by atoms with van der Waals surface area (Å²) in [5.74, 6) is 0.626. The number of carbonyl (C=O) groups is 1. The summed E-state index contributed by atoms with van der Waals surface area (Å²) in [5, 5.41) is 10.1. The minimum Gasteiger partial charge on any atom is -0.338 e. The monoisotopic (exact) mass is 298 g/mol. The molecule has 1 heterocycles. The van der Waals surface area contributed by atoms with Gasteiger partial charge in [0.2, 0.25) is 0 Å². The van der Waals surface area contributed by atoms with Crippen molar-refractivity contribution in [3.8, 4) is 5.69 Å². The summed E-state index contributed by atoms with van der Waals surface area (Å²) >= 11 is 0. The van der Waals surface area contributed by atoms with Gasteiger partial charge >= 0.3 is 6.03 Å². The van der Waals surface area contributed by atoms with Crippen molar-refractivity contribution in [2.45, 2.75) is 32.1 Å². The molecule has 1 aromatic carbocycles. The van der Waals surface area contributed by atoms with Crippen LogP contribution in [-0.2, 0) is 0 Å². The molecular formula is C17H22N4O. The van der Waals surface area contributed by atoms with Crippen LogP contribution in [0.3, 0.4) is 0 Å². The van der Waals surface area contributed by atoms with Gasteiger partial charge in [0.1, 0.15) is 0 Å². The fourth-order valence-corrected chi connectivity index (χ4v) is 2.99. The van der Waals surface area contributed by atoms with E-state index in [1.165, 1.54) is 32.1 Å². The van der Waals surface area contributed by atoms with Gasteiger partial charge in [0.15, 0.2) is 0 Å². The number of rotatable bonds is 4. The van der Waals surface area contributed by atoms with Crippen LogP contribution in [0.25, 0.3) is 5.69 Å². The summed E-state index contributed by atoms with van der Waals surface area (Å²) in [6, 6.07) is 9.37. The van der Waals surface area contributed by atoms with Crippen molar-refractivity contribution in [3.05, 3.63) is 42.7 Å². The Morgan fingerprint density at radius 2 is 2.00 bits per heavy atom. The fourth-order valence-electron chi connectivity index (χ4n) is 2.99. The molecule has 5 nitrogen and oxygen atoms in total. The summed E-state index contributed by atoms with van der Waals surface area (Å²) in [6.07, 6.45) is 9.95. The van der Waals surface area contributed by atoms with E-state index in [4.69, 9.17) is 0 Å².